The largest absolute Gasteiger partial charge is 0.496 e. The van der Waals surface area contributed by atoms with Gasteiger partial charge < -0.3 is 19.3 Å². The van der Waals surface area contributed by atoms with Crippen LogP contribution in [0.5, 0.6) is 5.75 Å². The SMILES string of the molecule is CCOC(=O)C1=C(C)N=c2sc(=Cc3ccc(N(CC)CC)cc3OC)c(=O)n2C1c1ccc(N(C)C)cc1. The van der Waals surface area contributed by atoms with Crippen LogP contribution in [0.1, 0.15) is 44.9 Å². The molecule has 206 valence electrons. The molecule has 1 unspecified atom stereocenters. The number of esters is 1. The quantitative estimate of drug-likeness (QED) is 0.380. The van der Waals surface area contributed by atoms with Crippen molar-refractivity contribution in [2.75, 3.05) is 50.7 Å². The summed E-state index contributed by atoms with van der Waals surface area (Å²) in [5.41, 5.74) is 4.39. The van der Waals surface area contributed by atoms with E-state index in [1.54, 1.807) is 25.5 Å². The van der Waals surface area contributed by atoms with Crippen molar-refractivity contribution < 1.29 is 14.3 Å². The lowest BCUT2D eigenvalue weighted by atomic mass is 9.95. The number of carbonyl (C=O) groups is 1. The summed E-state index contributed by atoms with van der Waals surface area (Å²) < 4.78 is 13.2. The number of hydrogen-bond donors (Lipinski definition) is 0. The first kappa shape index (κ1) is 28.2. The predicted octanol–water partition coefficient (Wildman–Crippen LogP) is 3.72. The van der Waals surface area contributed by atoms with Crippen molar-refractivity contribution in [3.63, 3.8) is 0 Å². The Morgan fingerprint density at radius 3 is 2.33 bits per heavy atom. The van der Waals surface area contributed by atoms with Crippen LogP contribution >= 0.6 is 11.3 Å². The third kappa shape index (κ3) is 5.49. The monoisotopic (exact) mass is 548 g/mol. The summed E-state index contributed by atoms with van der Waals surface area (Å²) in [7, 11) is 5.57. The lowest BCUT2D eigenvalue weighted by Crippen LogP contribution is -2.40. The average molecular weight is 549 g/mol. The van der Waals surface area contributed by atoms with E-state index < -0.39 is 12.0 Å². The number of anilines is 2. The molecule has 1 aliphatic rings. The van der Waals surface area contributed by atoms with Crippen molar-refractivity contribution in [3.8, 4) is 5.75 Å². The number of aromatic nitrogens is 1. The van der Waals surface area contributed by atoms with E-state index in [-0.39, 0.29) is 12.2 Å². The second-order valence-electron chi connectivity index (χ2n) is 9.39. The normalized spacial score (nSPS) is 15.1. The van der Waals surface area contributed by atoms with Crippen LogP contribution in [-0.4, -0.2) is 51.4 Å². The minimum Gasteiger partial charge on any atom is -0.496 e. The second-order valence-corrected chi connectivity index (χ2v) is 10.4. The van der Waals surface area contributed by atoms with Crippen molar-refractivity contribution in [1.29, 1.82) is 0 Å². The van der Waals surface area contributed by atoms with Crippen LogP contribution in [0.25, 0.3) is 6.08 Å². The Labute approximate surface area is 233 Å². The summed E-state index contributed by atoms with van der Waals surface area (Å²) in [6.07, 6.45) is 1.84. The number of rotatable bonds is 9. The first-order valence-electron chi connectivity index (χ1n) is 13.1. The minimum absolute atomic E-state index is 0.218. The molecule has 2 aromatic carbocycles. The van der Waals surface area contributed by atoms with Crippen LogP contribution in [0.2, 0.25) is 0 Å². The highest BCUT2D eigenvalue weighted by Crippen LogP contribution is 2.32. The fourth-order valence-corrected chi connectivity index (χ4v) is 5.84. The molecule has 39 heavy (non-hydrogen) atoms. The van der Waals surface area contributed by atoms with Gasteiger partial charge in [-0.2, -0.15) is 0 Å². The molecule has 0 spiro atoms. The van der Waals surface area contributed by atoms with Gasteiger partial charge in [-0.25, -0.2) is 9.79 Å². The van der Waals surface area contributed by atoms with E-state index in [2.05, 4.69) is 23.7 Å². The highest BCUT2D eigenvalue weighted by Gasteiger charge is 2.33. The molecule has 0 aliphatic carbocycles. The molecule has 4 rings (SSSR count). The zero-order chi connectivity index (χ0) is 28.3. The van der Waals surface area contributed by atoms with Crippen molar-refractivity contribution in [2.24, 2.45) is 4.99 Å². The Hall–Kier alpha value is -3.85. The van der Waals surface area contributed by atoms with Gasteiger partial charge in [0.25, 0.3) is 5.56 Å². The molecule has 0 bridgehead atoms. The van der Waals surface area contributed by atoms with Crippen LogP contribution < -0.4 is 29.4 Å². The molecule has 1 aliphatic heterocycles. The zero-order valence-corrected chi connectivity index (χ0v) is 24.5. The van der Waals surface area contributed by atoms with E-state index in [0.717, 1.165) is 35.6 Å². The number of nitrogens with zero attached hydrogens (tertiary/aromatic N) is 4. The number of methoxy groups -OCH3 is 1. The fraction of sp³-hybridized carbons (Fsp3) is 0.367. The van der Waals surface area contributed by atoms with E-state index in [9.17, 15) is 9.59 Å². The molecular formula is C30H36N4O4S. The molecule has 9 heteroatoms. The molecule has 3 aromatic rings. The first-order chi connectivity index (χ1) is 18.7. The fourth-order valence-electron chi connectivity index (χ4n) is 4.81. The van der Waals surface area contributed by atoms with Gasteiger partial charge in [0.2, 0.25) is 0 Å². The topological polar surface area (TPSA) is 76.4 Å². The summed E-state index contributed by atoms with van der Waals surface area (Å²) in [5, 5.41) is 0. The summed E-state index contributed by atoms with van der Waals surface area (Å²) in [6, 6.07) is 13.2. The van der Waals surface area contributed by atoms with E-state index in [4.69, 9.17) is 9.47 Å². The van der Waals surface area contributed by atoms with E-state index in [1.165, 1.54) is 11.3 Å². The van der Waals surface area contributed by atoms with Gasteiger partial charge in [-0.3, -0.25) is 9.36 Å². The molecule has 1 aromatic heterocycles. The van der Waals surface area contributed by atoms with Gasteiger partial charge in [-0.15, -0.1) is 0 Å². The van der Waals surface area contributed by atoms with Crippen LogP contribution in [0.4, 0.5) is 11.4 Å². The van der Waals surface area contributed by atoms with E-state index in [1.807, 2.05) is 67.5 Å². The number of thiazole rings is 1. The van der Waals surface area contributed by atoms with Gasteiger partial charge in [0.15, 0.2) is 4.80 Å². The number of carbonyl (C=O) groups excluding carboxylic acids is 1. The van der Waals surface area contributed by atoms with Crippen LogP contribution in [0.3, 0.4) is 0 Å². The van der Waals surface area contributed by atoms with Crippen LogP contribution in [-0.2, 0) is 9.53 Å². The number of fused-ring (bicyclic) bond motifs is 1. The third-order valence-corrected chi connectivity index (χ3v) is 7.86. The Morgan fingerprint density at radius 1 is 1.08 bits per heavy atom. The molecule has 1 atom stereocenters. The highest BCUT2D eigenvalue weighted by molar-refractivity contribution is 7.07. The molecular weight excluding hydrogens is 512 g/mol. The van der Waals surface area contributed by atoms with Crippen LogP contribution in [0.15, 0.2) is 63.5 Å². The average Bonchev–Trinajstić information content (AvgIpc) is 3.23. The van der Waals surface area contributed by atoms with Crippen molar-refractivity contribution in [1.82, 2.24) is 4.57 Å². The van der Waals surface area contributed by atoms with Gasteiger partial charge in [0.1, 0.15) is 5.75 Å². The summed E-state index contributed by atoms with van der Waals surface area (Å²) >= 11 is 1.30. The summed E-state index contributed by atoms with van der Waals surface area (Å²) in [4.78, 5) is 36.5. The molecule has 2 heterocycles. The van der Waals surface area contributed by atoms with Gasteiger partial charge in [0, 0.05) is 50.2 Å². The predicted molar refractivity (Wildman–Crippen MR) is 158 cm³/mol. The lowest BCUT2D eigenvalue weighted by molar-refractivity contribution is -0.139. The minimum atomic E-state index is -0.648. The molecule has 0 saturated carbocycles. The first-order valence-corrected chi connectivity index (χ1v) is 14.0. The number of ether oxygens (including phenoxy) is 2. The van der Waals surface area contributed by atoms with Crippen LogP contribution in [0, 0.1) is 0 Å². The Bertz CT molecular complexity index is 1560. The van der Waals surface area contributed by atoms with Gasteiger partial charge in [0.05, 0.1) is 35.6 Å². The summed E-state index contributed by atoms with van der Waals surface area (Å²) in [6.45, 7) is 9.78. The number of allylic oxidation sites excluding steroid dienone is 1. The molecule has 0 radical (unpaired) electrons. The molecule has 0 saturated heterocycles. The Balaban J connectivity index is 1.89. The highest BCUT2D eigenvalue weighted by atomic mass is 32.1. The Kier molecular flexibility index (Phi) is 8.60. The molecule has 0 amide bonds. The molecule has 0 N–H and O–H groups in total. The Morgan fingerprint density at radius 2 is 1.74 bits per heavy atom. The summed E-state index contributed by atoms with van der Waals surface area (Å²) in [5.74, 6) is 0.216. The van der Waals surface area contributed by atoms with Crippen molar-refractivity contribution in [2.45, 2.75) is 33.7 Å². The second kappa shape index (κ2) is 11.9. The smallest absolute Gasteiger partial charge is 0.338 e. The molecule has 0 fully saturated rings. The van der Waals surface area contributed by atoms with E-state index >= 15 is 0 Å². The van der Waals surface area contributed by atoms with Crippen molar-refractivity contribution in [3.05, 3.63) is 84.5 Å². The maximum atomic E-state index is 13.9. The van der Waals surface area contributed by atoms with Crippen molar-refractivity contribution >= 4 is 34.8 Å². The lowest BCUT2D eigenvalue weighted by Gasteiger charge is -2.25. The maximum absolute atomic E-state index is 13.9. The zero-order valence-electron chi connectivity index (χ0n) is 23.6. The van der Waals surface area contributed by atoms with Gasteiger partial charge >= 0.3 is 5.97 Å². The molecule has 8 nitrogen and oxygen atoms in total. The standard InChI is InChI=1S/C30H36N4O4S/c1-8-33(9-2)23-16-13-21(24(18-23)37-7)17-25-28(35)34-27(20-11-14-22(15-12-20)32(5)6)26(29(36)38-10-3)19(4)31-30(34)39-25/h11-18,27H,8-10H2,1-7H3. The number of hydrogen-bond acceptors (Lipinski definition) is 8. The number of benzene rings is 2. The van der Waals surface area contributed by atoms with Gasteiger partial charge in [-0.05, 0) is 63.6 Å². The third-order valence-electron chi connectivity index (χ3n) is 6.87. The van der Waals surface area contributed by atoms with E-state index in [0.29, 0.717) is 26.4 Å². The van der Waals surface area contributed by atoms with Gasteiger partial charge in [-0.1, -0.05) is 23.5 Å². The maximum Gasteiger partial charge on any atom is 0.338 e.